The van der Waals surface area contributed by atoms with Crippen molar-refractivity contribution in [1.82, 2.24) is 4.57 Å². The van der Waals surface area contributed by atoms with Gasteiger partial charge in [0.1, 0.15) is 0 Å². The van der Waals surface area contributed by atoms with E-state index in [4.69, 9.17) is 0 Å². The van der Waals surface area contributed by atoms with Gasteiger partial charge in [-0.2, -0.15) is 0 Å². The van der Waals surface area contributed by atoms with E-state index in [0.29, 0.717) is 0 Å². The standard InChI is InChI=1S/C70H48N2/c1-2-15-49(16-3-1)54-19-10-20-55(45-54)50-33-39-61(40-34-50)71(63-43-37-52(38-44-63)57-22-12-25-60(47-57)66-30-14-18-53-17-4-5-27-65(53)66)62-41-35-51(36-42-62)56-21-11-23-58(46-56)59-24-13-26-64(48-59)72-69-31-8-6-28-67(69)68-29-7-9-32-70(68)72/h1-48H. The normalized spacial score (nSPS) is 11.3. The molecule has 1 aromatic heterocycles. The molecule has 0 aliphatic carbocycles. The Morgan fingerprint density at radius 3 is 1.10 bits per heavy atom. The first-order chi connectivity index (χ1) is 35.7. The summed E-state index contributed by atoms with van der Waals surface area (Å²) >= 11 is 0. The molecule has 2 nitrogen and oxygen atoms in total. The van der Waals surface area contributed by atoms with Crippen LogP contribution < -0.4 is 4.90 Å². The fraction of sp³-hybridized carbons (Fsp3) is 0. The zero-order valence-electron chi connectivity index (χ0n) is 39.6. The maximum atomic E-state index is 2.39. The molecule has 0 unspecified atom stereocenters. The lowest BCUT2D eigenvalue weighted by molar-refractivity contribution is 1.18. The molecule has 0 fully saturated rings. The first-order valence-electron chi connectivity index (χ1n) is 24.7. The molecule has 1 heterocycles. The van der Waals surface area contributed by atoms with Crippen molar-refractivity contribution in [2.24, 2.45) is 0 Å². The summed E-state index contributed by atoms with van der Waals surface area (Å²) in [5.41, 5.74) is 21.1. The maximum Gasteiger partial charge on any atom is 0.0541 e. The smallest absolute Gasteiger partial charge is 0.0541 e. The van der Waals surface area contributed by atoms with Crippen molar-refractivity contribution >= 4 is 49.6 Å². The quantitative estimate of drug-likeness (QED) is 0.133. The third-order valence-electron chi connectivity index (χ3n) is 14.2. The zero-order chi connectivity index (χ0) is 47.8. The predicted octanol–water partition coefficient (Wildman–Crippen LogP) is 19.4. The summed E-state index contributed by atoms with van der Waals surface area (Å²) in [6, 6.07) is 106. The van der Waals surface area contributed by atoms with Gasteiger partial charge in [-0.1, -0.05) is 212 Å². The molecule has 0 saturated carbocycles. The molecule has 0 amide bonds. The number of para-hydroxylation sites is 2. The molecule has 0 bridgehead atoms. The molecule has 13 rings (SSSR count). The molecule has 13 aromatic rings. The second-order valence-corrected chi connectivity index (χ2v) is 18.5. The van der Waals surface area contributed by atoms with E-state index in [0.717, 1.165) is 28.3 Å². The molecule has 12 aromatic carbocycles. The summed E-state index contributed by atoms with van der Waals surface area (Å²) in [6.07, 6.45) is 0. The van der Waals surface area contributed by atoms with Gasteiger partial charge in [0.05, 0.1) is 11.0 Å². The molecular formula is C70H48N2. The van der Waals surface area contributed by atoms with E-state index < -0.39 is 0 Å². The van der Waals surface area contributed by atoms with Crippen LogP contribution in [0.15, 0.2) is 291 Å². The van der Waals surface area contributed by atoms with E-state index in [2.05, 4.69) is 301 Å². The van der Waals surface area contributed by atoms with E-state index in [1.54, 1.807) is 0 Å². The predicted molar refractivity (Wildman–Crippen MR) is 306 cm³/mol. The number of nitrogens with zero attached hydrogens (tertiary/aromatic N) is 2. The Labute approximate surface area is 420 Å². The average molecular weight is 917 g/mol. The fourth-order valence-electron chi connectivity index (χ4n) is 10.6. The van der Waals surface area contributed by atoms with Crippen molar-refractivity contribution in [3.05, 3.63) is 291 Å². The Hall–Kier alpha value is -9.50. The average Bonchev–Trinajstić information content (AvgIpc) is 3.80. The van der Waals surface area contributed by atoms with Crippen LogP contribution >= 0.6 is 0 Å². The molecule has 338 valence electrons. The minimum Gasteiger partial charge on any atom is -0.311 e. The number of benzene rings is 12. The number of rotatable bonds is 10. The lowest BCUT2D eigenvalue weighted by atomic mass is 9.95. The van der Waals surface area contributed by atoms with E-state index >= 15 is 0 Å². The third-order valence-corrected chi connectivity index (χ3v) is 14.2. The molecule has 0 spiro atoms. The largest absolute Gasteiger partial charge is 0.311 e. The lowest BCUT2D eigenvalue weighted by Gasteiger charge is -2.26. The van der Waals surface area contributed by atoms with Gasteiger partial charge in [-0.15, -0.1) is 0 Å². The topological polar surface area (TPSA) is 8.17 Å². The first kappa shape index (κ1) is 42.6. The molecule has 2 heteroatoms. The molecule has 0 aliphatic rings. The van der Waals surface area contributed by atoms with Crippen LogP contribution in [-0.4, -0.2) is 4.57 Å². The first-order valence-corrected chi connectivity index (χ1v) is 24.7. The fourth-order valence-corrected chi connectivity index (χ4v) is 10.6. The zero-order valence-corrected chi connectivity index (χ0v) is 39.6. The molecule has 72 heavy (non-hydrogen) atoms. The minimum absolute atomic E-state index is 1.08. The van der Waals surface area contributed by atoms with Crippen LogP contribution in [0.25, 0.3) is 105 Å². The minimum atomic E-state index is 1.08. The van der Waals surface area contributed by atoms with E-state index in [-0.39, 0.29) is 0 Å². The second-order valence-electron chi connectivity index (χ2n) is 18.5. The molecule has 0 N–H and O–H groups in total. The summed E-state index contributed by atoms with van der Waals surface area (Å²) in [6.45, 7) is 0. The molecule has 0 aliphatic heterocycles. The summed E-state index contributed by atoms with van der Waals surface area (Å²) < 4.78 is 2.39. The summed E-state index contributed by atoms with van der Waals surface area (Å²) in [4.78, 5) is 2.36. The number of aromatic nitrogens is 1. The van der Waals surface area contributed by atoms with Crippen molar-refractivity contribution in [3.8, 4) is 72.4 Å². The van der Waals surface area contributed by atoms with Gasteiger partial charge in [-0.25, -0.2) is 0 Å². The van der Waals surface area contributed by atoms with Crippen LogP contribution in [0, 0.1) is 0 Å². The van der Waals surface area contributed by atoms with Crippen LogP contribution in [0.4, 0.5) is 17.1 Å². The molecule has 0 saturated heterocycles. The Morgan fingerprint density at radius 1 is 0.222 bits per heavy atom. The molecule has 0 radical (unpaired) electrons. The van der Waals surface area contributed by atoms with E-state index in [9.17, 15) is 0 Å². The van der Waals surface area contributed by atoms with Crippen molar-refractivity contribution in [2.75, 3.05) is 4.90 Å². The van der Waals surface area contributed by atoms with Crippen LogP contribution in [0.5, 0.6) is 0 Å². The van der Waals surface area contributed by atoms with Crippen molar-refractivity contribution < 1.29 is 0 Å². The Morgan fingerprint density at radius 2 is 0.569 bits per heavy atom. The Balaban J connectivity index is 0.836. The third kappa shape index (κ3) is 8.01. The number of hydrogen-bond donors (Lipinski definition) is 0. The highest BCUT2D eigenvalue weighted by molar-refractivity contribution is 6.09. The summed E-state index contributed by atoms with van der Waals surface area (Å²) in [5.74, 6) is 0. The van der Waals surface area contributed by atoms with Gasteiger partial charge in [0.15, 0.2) is 0 Å². The monoisotopic (exact) mass is 916 g/mol. The van der Waals surface area contributed by atoms with Gasteiger partial charge < -0.3 is 9.47 Å². The molecule has 0 atom stereocenters. The van der Waals surface area contributed by atoms with Gasteiger partial charge in [-0.05, 0) is 156 Å². The van der Waals surface area contributed by atoms with Crippen molar-refractivity contribution in [3.63, 3.8) is 0 Å². The number of anilines is 3. The second kappa shape index (κ2) is 18.4. The number of hydrogen-bond acceptors (Lipinski definition) is 1. The highest BCUT2D eigenvalue weighted by Gasteiger charge is 2.16. The van der Waals surface area contributed by atoms with Crippen LogP contribution in [0.2, 0.25) is 0 Å². The van der Waals surface area contributed by atoms with E-state index in [1.165, 1.54) is 93.8 Å². The lowest BCUT2D eigenvalue weighted by Crippen LogP contribution is -2.09. The van der Waals surface area contributed by atoms with E-state index in [1.807, 2.05) is 0 Å². The SMILES string of the molecule is c1ccc(-c2cccc(-c3ccc(N(c4ccc(-c5cccc(-c6cccc(-n7c8ccccc8c8ccccc87)c6)c5)cc4)c4ccc(-c5cccc(-c6cccc7ccccc67)c5)cc4)cc3)c2)cc1. The van der Waals surface area contributed by atoms with Crippen molar-refractivity contribution in [2.45, 2.75) is 0 Å². The van der Waals surface area contributed by atoms with Gasteiger partial charge in [0.2, 0.25) is 0 Å². The van der Waals surface area contributed by atoms with Gasteiger partial charge in [-0.3, -0.25) is 0 Å². The Kier molecular flexibility index (Phi) is 10.9. The molecular weight excluding hydrogens is 869 g/mol. The van der Waals surface area contributed by atoms with Gasteiger partial charge in [0, 0.05) is 33.5 Å². The van der Waals surface area contributed by atoms with Crippen LogP contribution in [-0.2, 0) is 0 Å². The van der Waals surface area contributed by atoms with Crippen LogP contribution in [0.1, 0.15) is 0 Å². The van der Waals surface area contributed by atoms with Gasteiger partial charge in [0.25, 0.3) is 0 Å². The Bertz CT molecular complexity index is 4010. The highest BCUT2D eigenvalue weighted by atomic mass is 15.1. The maximum absolute atomic E-state index is 2.39. The van der Waals surface area contributed by atoms with Gasteiger partial charge >= 0.3 is 0 Å². The summed E-state index contributed by atoms with van der Waals surface area (Å²) in [7, 11) is 0. The van der Waals surface area contributed by atoms with Crippen LogP contribution in [0.3, 0.4) is 0 Å². The summed E-state index contributed by atoms with van der Waals surface area (Å²) in [5, 5.41) is 5.04. The highest BCUT2D eigenvalue weighted by Crippen LogP contribution is 2.40. The number of fused-ring (bicyclic) bond motifs is 4. The van der Waals surface area contributed by atoms with Crippen molar-refractivity contribution in [1.29, 1.82) is 0 Å².